The molecule has 1 aromatic heterocycles. The fraction of sp³-hybridized carbons (Fsp3) is 0.800. The molecule has 1 heterocycles. The molecule has 0 bridgehead atoms. The molecule has 1 fully saturated rings. The molecule has 0 radical (unpaired) electrons. The summed E-state index contributed by atoms with van der Waals surface area (Å²) < 4.78 is 5.39. The van der Waals surface area contributed by atoms with Crippen molar-refractivity contribution in [2.24, 2.45) is 11.7 Å². The number of rotatable bonds is 9. The van der Waals surface area contributed by atoms with Crippen molar-refractivity contribution < 1.29 is 14.1 Å². The molecule has 0 saturated heterocycles. The summed E-state index contributed by atoms with van der Waals surface area (Å²) in [6.45, 7) is 6.15. The van der Waals surface area contributed by atoms with Crippen molar-refractivity contribution in [3.05, 3.63) is 11.7 Å². The number of aromatic nitrogens is 2. The number of hydrogen-bond donors (Lipinski definition) is 3. The van der Waals surface area contributed by atoms with Crippen LogP contribution in [0.25, 0.3) is 0 Å². The van der Waals surface area contributed by atoms with Gasteiger partial charge < -0.3 is 20.9 Å². The van der Waals surface area contributed by atoms with Gasteiger partial charge in [0.15, 0.2) is 5.82 Å². The first-order valence-corrected chi connectivity index (χ1v) is 10.5. The SMILES string of the molecule is CC(=O)NC1(c2noc(CCC(=O)NC(CN)CC(C)C)n2)CCCCCC1.Cl. The molecular weight excluding hydrogens is 394 g/mol. The van der Waals surface area contributed by atoms with Crippen molar-refractivity contribution in [3.8, 4) is 0 Å². The molecule has 1 aliphatic rings. The Morgan fingerprint density at radius 1 is 1.21 bits per heavy atom. The lowest BCUT2D eigenvalue weighted by atomic mass is 9.89. The number of halogens is 1. The predicted molar refractivity (Wildman–Crippen MR) is 114 cm³/mol. The number of carbonyl (C=O) groups excluding carboxylic acids is 2. The minimum absolute atomic E-state index is 0. The third kappa shape index (κ3) is 7.93. The molecular formula is C20H36ClN5O3. The van der Waals surface area contributed by atoms with Crippen molar-refractivity contribution in [3.63, 3.8) is 0 Å². The van der Waals surface area contributed by atoms with E-state index in [1.807, 2.05) is 0 Å². The summed E-state index contributed by atoms with van der Waals surface area (Å²) in [4.78, 5) is 28.5. The molecule has 8 nitrogen and oxygen atoms in total. The van der Waals surface area contributed by atoms with Crippen LogP contribution < -0.4 is 16.4 Å². The molecule has 1 unspecified atom stereocenters. The highest BCUT2D eigenvalue weighted by atomic mass is 35.5. The molecule has 0 aromatic carbocycles. The minimum Gasteiger partial charge on any atom is -0.352 e. The number of hydrogen-bond acceptors (Lipinski definition) is 6. The van der Waals surface area contributed by atoms with Crippen LogP contribution in [0.4, 0.5) is 0 Å². The third-order valence-corrected chi connectivity index (χ3v) is 5.24. The number of amides is 2. The topological polar surface area (TPSA) is 123 Å². The summed E-state index contributed by atoms with van der Waals surface area (Å²) in [7, 11) is 0. The van der Waals surface area contributed by atoms with E-state index in [9.17, 15) is 9.59 Å². The van der Waals surface area contributed by atoms with Crippen LogP contribution in [-0.4, -0.2) is 34.5 Å². The van der Waals surface area contributed by atoms with Crippen molar-refractivity contribution in [2.45, 2.75) is 90.1 Å². The summed E-state index contributed by atoms with van der Waals surface area (Å²) in [5.74, 6) is 1.26. The van der Waals surface area contributed by atoms with Gasteiger partial charge in [0.25, 0.3) is 0 Å². The molecule has 29 heavy (non-hydrogen) atoms. The summed E-state index contributed by atoms with van der Waals surface area (Å²) in [5, 5.41) is 10.2. The fourth-order valence-electron chi connectivity index (χ4n) is 3.93. The van der Waals surface area contributed by atoms with Gasteiger partial charge in [-0.05, 0) is 25.2 Å². The predicted octanol–water partition coefficient (Wildman–Crippen LogP) is 2.60. The van der Waals surface area contributed by atoms with Gasteiger partial charge in [-0.15, -0.1) is 12.4 Å². The van der Waals surface area contributed by atoms with E-state index in [0.29, 0.717) is 30.6 Å². The minimum atomic E-state index is -0.561. The number of nitrogens with zero attached hydrogens (tertiary/aromatic N) is 2. The summed E-state index contributed by atoms with van der Waals surface area (Å²) in [5.41, 5.74) is 5.18. The molecule has 0 spiro atoms. The molecule has 166 valence electrons. The van der Waals surface area contributed by atoms with Crippen LogP contribution in [0.15, 0.2) is 4.52 Å². The van der Waals surface area contributed by atoms with E-state index >= 15 is 0 Å². The number of carbonyl (C=O) groups is 2. The molecule has 4 N–H and O–H groups in total. The van der Waals surface area contributed by atoms with Crippen molar-refractivity contribution in [1.29, 1.82) is 0 Å². The molecule has 0 aliphatic heterocycles. The second kappa shape index (κ2) is 12.1. The quantitative estimate of drug-likeness (QED) is 0.518. The maximum atomic E-state index is 12.2. The highest BCUT2D eigenvalue weighted by Crippen LogP contribution is 2.34. The Bertz CT molecular complexity index is 642. The highest BCUT2D eigenvalue weighted by molar-refractivity contribution is 5.85. The number of nitrogens with two attached hydrogens (primary N) is 1. The molecule has 1 aromatic rings. The van der Waals surface area contributed by atoms with Crippen molar-refractivity contribution in [1.82, 2.24) is 20.8 Å². The number of nitrogens with one attached hydrogen (secondary N) is 2. The summed E-state index contributed by atoms with van der Waals surface area (Å²) >= 11 is 0. The zero-order valence-corrected chi connectivity index (χ0v) is 18.6. The third-order valence-electron chi connectivity index (χ3n) is 5.24. The first kappa shape index (κ1) is 25.4. The van der Waals surface area contributed by atoms with Gasteiger partial charge in [0.05, 0.1) is 0 Å². The summed E-state index contributed by atoms with van der Waals surface area (Å²) in [6, 6.07) is -0.0141. The lowest BCUT2D eigenvalue weighted by Crippen LogP contribution is -2.45. The van der Waals surface area contributed by atoms with Crippen LogP contribution >= 0.6 is 12.4 Å². The fourth-order valence-corrected chi connectivity index (χ4v) is 3.93. The Balaban J connectivity index is 0.00000420. The molecule has 1 atom stereocenters. The van der Waals surface area contributed by atoms with Crippen LogP contribution in [0.2, 0.25) is 0 Å². The Morgan fingerprint density at radius 2 is 1.86 bits per heavy atom. The van der Waals surface area contributed by atoms with E-state index in [1.54, 1.807) is 0 Å². The van der Waals surface area contributed by atoms with Crippen LogP contribution in [0.1, 0.15) is 83.9 Å². The van der Waals surface area contributed by atoms with E-state index in [2.05, 4.69) is 34.6 Å². The average Bonchev–Trinajstić information content (AvgIpc) is 2.99. The summed E-state index contributed by atoms with van der Waals surface area (Å²) in [6.07, 6.45) is 7.42. The Hall–Kier alpha value is -1.67. The Labute approximate surface area is 179 Å². The van der Waals surface area contributed by atoms with Crippen LogP contribution in [-0.2, 0) is 21.5 Å². The second-order valence-electron chi connectivity index (χ2n) is 8.32. The van der Waals surface area contributed by atoms with Gasteiger partial charge in [-0.1, -0.05) is 44.7 Å². The van der Waals surface area contributed by atoms with Crippen LogP contribution in [0.5, 0.6) is 0 Å². The van der Waals surface area contributed by atoms with Gasteiger partial charge >= 0.3 is 0 Å². The van der Waals surface area contributed by atoms with Gasteiger partial charge in [-0.25, -0.2) is 0 Å². The maximum absolute atomic E-state index is 12.2. The van der Waals surface area contributed by atoms with E-state index in [4.69, 9.17) is 10.3 Å². The lowest BCUT2D eigenvalue weighted by Gasteiger charge is -2.30. The van der Waals surface area contributed by atoms with Gasteiger partial charge in [0.1, 0.15) is 5.54 Å². The van der Waals surface area contributed by atoms with Crippen molar-refractivity contribution >= 4 is 24.2 Å². The molecule has 1 saturated carbocycles. The first-order valence-electron chi connectivity index (χ1n) is 10.5. The molecule has 1 aliphatic carbocycles. The number of aryl methyl sites for hydroxylation is 1. The Kier molecular flexibility index (Phi) is 10.6. The zero-order chi connectivity index (χ0) is 20.6. The maximum Gasteiger partial charge on any atom is 0.227 e. The van der Waals surface area contributed by atoms with Crippen LogP contribution in [0, 0.1) is 5.92 Å². The monoisotopic (exact) mass is 429 g/mol. The lowest BCUT2D eigenvalue weighted by molar-refractivity contribution is -0.122. The van der Waals surface area contributed by atoms with Gasteiger partial charge in [-0.2, -0.15) is 4.98 Å². The largest absolute Gasteiger partial charge is 0.352 e. The van der Waals surface area contributed by atoms with E-state index < -0.39 is 5.54 Å². The van der Waals surface area contributed by atoms with Crippen molar-refractivity contribution in [2.75, 3.05) is 6.54 Å². The standard InChI is InChI=1S/C20H35N5O3.ClH/c1-14(2)12-16(13-21)22-17(27)8-9-18-23-19(25-28-18)20(24-15(3)26)10-6-4-5-7-11-20;/h14,16H,4-13,21H2,1-3H3,(H,22,27)(H,24,26);1H. The molecule has 9 heteroatoms. The molecule has 2 rings (SSSR count). The van der Waals surface area contributed by atoms with Crippen LogP contribution in [0.3, 0.4) is 0 Å². The van der Waals surface area contributed by atoms with E-state index in [-0.39, 0.29) is 36.7 Å². The van der Waals surface area contributed by atoms with E-state index in [1.165, 1.54) is 6.92 Å². The smallest absolute Gasteiger partial charge is 0.227 e. The van der Waals surface area contributed by atoms with Gasteiger partial charge in [0.2, 0.25) is 17.7 Å². The second-order valence-corrected chi connectivity index (χ2v) is 8.32. The normalized spacial score (nSPS) is 17.1. The van der Waals surface area contributed by atoms with E-state index in [0.717, 1.165) is 44.9 Å². The molecule has 2 amide bonds. The average molecular weight is 430 g/mol. The zero-order valence-electron chi connectivity index (χ0n) is 17.8. The van der Waals surface area contributed by atoms with Gasteiger partial charge in [-0.3, -0.25) is 9.59 Å². The Morgan fingerprint density at radius 3 is 2.41 bits per heavy atom. The highest BCUT2D eigenvalue weighted by Gasteiger charge is 2.38. The first-order chi connectivity index (χ1) is 13.3. The van der Waals surface area contributed by atoms with Gasteiger partial charge in [0, 0.05) is 32.4 Å².